The topological polar surface area (TPSA) is 72.6 Å². The second-order valence-corrected chi connectivity index (χ2v) is 3.12. The highest BCUT2D eigenvalue weighted by molar-refractivity contribution is 5.75. The van der Waals surface area contributed by atoms with Crippen LogP contribution in [0.5, 0.6) is 5.75 Å². The van der Waals surface area contributed by atoms with Crippen molar-refractivity contribution in [2.75, 3.05) is 6.61 Å². The van der Waals surface area contributed by atoms with Gasteiger partial charge in [0.2, 0.25) is 0 Å². The Morgan fingerprint density at radius 3 is 2.80 bits per heavy atom. The summed E-state index contributed by atoms with van der Waals surface area (Å²) in [5, 5.41) is 9.18. The summed E-state index contributed by atoms with van der Waals surface area (Å²) in [6.07, 6.45) is -0.746. The van der Waals surface area contributed by atoms with E-state index in [0.717, 1.165) is 6.07 Å². The second kappa shape index (κ2) is 4.75. The molecule has 0 aliphatic carbocycles. The van der Waals surface area contributed by atoms with Crippen molar-refractivity contribution in [3.05, 3.63) is 29.6 Å². The average Bonchev–Trinajstić information content (AvgIpc) is 2.15. The lowest BCUT2D eigenvalue weighted by Gasteiger charge is -2.08. The molecular formula is C10H12FNO3. The van der Waals surface area contributed by atoms with Crippen LogP contribution in [0.4, 0.5) is 4.39 Å². The number of carbonyl (C=O) groups excluding carboxylic acids is 1. The van der Waals surface area contributed by atoms with Crippen LogP contribution in [0.3, 0.4) is 0 Å². The number of primary amides is 1. The zero-order chi connectivity index (χ0) is 11.4. The van der Waals surface area contributed by atoms with Gasteiger partial charge >= 0.3 is 0 Å². The van der Waals surface area contributed by atoms with E-state index >= 15 is 0 Å². The van der Waals surface area contributed by atoms with Crippen molar-refractivity contribution in [1.29, 1.82) is 0 Å². The lowest BCUT2D eigenvalue weighted by molar-refractivity contribution is -0.120. The number of hydrogen-bond acceptors (Lipinski definition) is 3. The zero-order valence-electron chi connectivity index (χ0n) is 8.24. The molecule has 0 bridgehead atoms. The van der Waals surface area contributed by atoms with E-state index in [4.69, 9.17) is 10.5 Å². The fourth-order valence-electron chi connectivity index (χ4n) is 1.04. The van der Waals surface area contributed by atoms with Crippen LogP contribution in [0, 0.1) is 5.82 Å². The van der Waals surface area contributed by atoms with E-state index in [1.54, 1.807) is 0 Å². The summed E-state index contributed by atoms with van der Waals surface area (Å²) >= 11 is 0. The van der Waals surface area contributed by atoms with Crippen LogP contribution in [0.15, 0.2) is 18.2 Å². The predicted molar refractivity (Wildman–Crippen MR) is 51.7 cm³/mol. The van der Waals surface area contributed by atoms with Crippen molar-refractivity contribution in [1.82, 2.24) is 0 Å². The summed E-state index contributed by atoms with van der Waals surface area (Å²) < 4.78 is 18.1. The Morgan fingerprint density at radius 2 is 2.33 bits per heavy atom. The van der Waals surface area contributed by atoms with Gasteiger partial charge in [0, 0.05) is 0 Å². The van der Waals surface area contributed by atoms with E-state index < -0.39 is 17.8 Å². The first kappa shape index (κ1) is 11.5. The molecular weight excluding hydrogens is 201 g/mol. The standard InChI is InChI=1S/C10H12FNO3/c1-6(13)7-2-3-9(8(11)4-7)15-5-10(12)14/h2-4,6,13H,5H2,1H3,(H2,12,14)/t6-/m1/s1. The Labute approximate surface area is 86.5 Å². The number of halogens is 1. The number of benzene rings is 1. The van der Waals surface area contributed by atoms with Gasteiger partial charge in [-0.3, -0.25) is 4.79 Å². The van der Waals surface area contributed by atoms with E-state index in [0.29, 0.717) is 5.56 Å². The highest BCUT2D eigenvalue weighted by atomic mass is 19.1. The van der Waals surface area contributed by atoms with Gasteiger partial charge in [-0.05, 0) is 24.6 Å². The minimum atomic E-state index is -0.746. The van der Waals surface area contributed by atoms with E-state index in [1.807, 2.05) is 0 Å². The highest BCUT2D eigenvalue weighted by Crippen LogP contribution is 2.21. The van der Waals surface area contributed by atoms with E-state index in [-0.39, 0.29) is 12.4 Å². The number of ether oxygens (including phenoxy) is 1. The molecule has 0 radical (unpaired) electrons. The smallest absolute Gasteiger partial charge is 0.255 e. The summed E-state index contributed by atoms with van der Waals surface area (Å²) in [5.41, 5.74) is 5.29. The molecule has 82 valence electrons. The third-order valence-corrected chi connectivity index (χ3v) is 1.81. The molecule has 1 atom stereocenters. The van der Waals surface area contributed by atoms with Crippen LogP contribution in [-0.2, 0) is 4.79 Å². The molecule has 1 rings (SSSR count). The molecule has 5 heteroatoms. The monoisotopic (exact) mass is 213 g/mol. The first-order chi connectivity index (χ1) is 7.00. The number of carbonyl (C=O) groups is 1. The minimum Gasteiger partial charge on any atom is -0.481 e. The molecule has 0 aromatic heterocycles. The first-order valence-electron chi connectivity index (χ1n) is 4.39. The molecule has 0 spiro atoms. The van der Waals surface area contributed by atoms with Gasteiger partial charge in [-0.15, -0.1) is 0 Å². The normalized spacial score (nSPS) is 12.2. The molecule has 3 N–H and O–H groups in total. The van der Waals surface area contributed by atoms with Crippen LogP contribution in [0.2, 0.25) is 0 Å². The Bertz CT molecular complexity index is 366. The van der Waals surface area contributed by atoms with Gasteiger partial charge in [-0.25, -0.2) is 4.39 Å². The van der Waals surface area contributed by atoms with Crippen molar-refractivity contribution >= 4 is 5.91 Å². The Hall–Kier alpha value is -1.62. The van der Waals surface area contributed by atoms with Crippen LogP contribution in [0.1, 0.15) is 18.6 Å². The van der Waals surface area contributed by atoms with Gasteiger partial charge in [-0.1, -0.05) is 6.07 Å². The van der Waals surface area contributed by atoms with Crippen LogP contribution in [-0.4, -0.2) is 17.6 Å². The number of aliphatic hydroxyl groups is 1. The second-order valence-electron chi connectivity index (χ2n) is 3.12. The maximum Gasteiger partial charge on any atom is 0.255 e. The minimum absolute atomic E-state index is 0.0572. The molecule has 0 aliphatic heterocycles. The van der Waals surface area contributed by atoms with Crippen molar-refractivity contribution in [3.63, 3.8) is 0 Å². The number of aliphatic hydroxyl groups excluding tert-OH is 1. The summed E-state index contributed by atoms with van der Waals surface area (Å²) in [6.45, 7) is 1.16. The largest absolute Gasteiger partial charge is 0.481 e. The van der Waals surface area contributed by atoms with Gasteiger partial charge in [0.1, 0.15) is 0 Å². The molecule has 4 nitrogen and oxygen atoms in total. The van der Waals surface area contributed by atoms with Gasteiger partial charge in [0.05, 0.1) is 6.10 Å². The lowest BCUT2D eigenvalue weighted by atomic mass is 10.1. The van der Waals surface area contributed by atoms with Crippen LogP contribution >= 0.6 is 0 Å². The maximum atomic E-state index is 13.3. The van der Waals surface area contributed by atoms with Crippen molar-refractivity contribution in [2.45, 2.75) is 13.0 Å². The molecule has 0 heterocycles. The molecule has 15 heavy (non-hydrogen) atoms. The number of amides is 1. The Morgan fingerprint density at radius 1 is 1.67 bits per heavy atom. The molecule has 0 aliphatic rings. The zero-order valence-corrected chi connectivity index (χ0v) is 8.24. The van der Waals surface area contributed by atoms with Crippen molar-refractivity contribution in [3.8, 4) is 5.75 Å². The molecule has 0 saturated heterocycles. The molecule has 0 saturated carbocycles. The quantitative estimate of drug-likeness (QED) is 0.774. The Balaban J connectivity index is 2.79. The number of hydrogen-bond donors (Lipinski definition) is 2. The molecule has 1 amide bonds. The average molecular weight is 213 g/mol. The van der Waals surface area contributed by atoms with Crippen molar-refractivity contribution in [2.24, 2.45) is 5.73 Å². The molecule has 0 unspecified atom stereocenters. The fourth-order valence-corrected chi connectivity index (χ4v) is 1.04. The lowest BCUT2D eigenvalue weighted by Crippen LogP contribution is -2.20. The molecule has 1 aromatic carbocycles. The third-order valence-electron chi connectivity index (χ3n) is 1.81. The van der Waals surface area contributed by atoms with E-state index in [2.05, 4.69) is 0 Å². The van der Waals surface area contributed by atoms with Crippen LogP contribution in [0.25, 0.3) is 0 Å². The van der Waals surface area contributed by atoms with Crippen molar-refractivity contribution < 1.29 is 19.0 Å². The van der Waals surface area contributed by atoms with Gasteiger partial charge < -0.3 is 15.6 Å². The van der Waals surface area contributed by atoms with Gasteiger partial charge in [-0.2, -0.15) is 0 Å². The number of rotatable bonds is 4. The molecule has 0 fully saturated rings. The predicted octanol–water partition coefficient (Wildman–Crippen LogP) is 0.743. The van der Waals surface area contributed by atoms with E-state index in [1.165, 1.54) is 19.1 Å². The fraction of sp³-hybridized carbons (Fsp3) is 0.300. The summed E-state index contributed by atoms with van der Waals surface area (Å²) in [7, 11) is 0. The third kappa shape index (κ3) is 3.21. The summed E-state index contributed by atoms with van der Waals surface area (Å²) in [4.78, 5) is 10.4. The van der Waals surface area contributed by atoms with Gasteiger partial charge in [0.15, 0.2) is 18.2 Å². The van der Waals surface area contributed by atoms with E-state index in [9.17, 15) is 14.3 Å². The summed E-state index contributed by atoms with van der Waals surface area (Å²) in [5.74, 6) is -1.36. The van der Waals surface area contributed by atoms with Gasteiger partial charge in [0.25, 0.3) is 5.91 Å². The Kier molecular flexibility index (Phi) is 3.62. The molecule has 1 aromatic rings. The summed E-state index contributed by atoms with van der Waals surface area (Å²) in [6, 6.07) is 4.02. The number of nitrogens with two attached hydrogens (primary N) is 1. The van der Waals surface area contributed by atoms with Crippen LogP contribution < -0.4 is 10.5 Å². The SMILES string of the molecule is C[C@@H](O)c1ccc(OCC(N)=O)c(F)c1. The maximum absolute atomic E-state index is 13.3. The highest BCUT2D eigenvalue weighted by Gasteiger charge is 2.08. The first-order valence-corrected chi connectivity index (χ1v) is 4.39.